The maximum Gasteiger partial charge on any atom is 0.223 e. The molecule has 6 heteroatoms. The van der Waals surface area contributed by atoms with Crippen molar-refractivity contribution < 1.29 is 13.9 Å². The van der Waals surface area contributed by atoms with Gasteiger partial charge in [-0.25, -0.2) is 9.37 Å². The van der Waals surface area contributed by atoms with E-state index in [4.69, 9.17) is 15.2 Å². The second-order valence-corrected chi connectivity index (χ2v) is 4.57. The zero-order valence-electron chi connectivity index (χ0n) is 10.2. The lowest BCUT2D eigenvalue weighted by Gasteiger charge is -2.11. The summed E-state index contributed by atoms with van der Waals surface area (Å²) >= 11 is 3.37. The van der Waals surface area contributed by atoms with E-state index < -0.39 is 5.82 Å². The van der Waals surface area contributed by atoms with Gasteiger partial charge in [0.05, 0.1) is 17.8 Å². The SMILES string of the molecule is COc1ccc(Oc2ncc(F)cc2CN)c(Br)c1. The lowest BCUT2D eigenvalue weighted by Crippen LogP contribution is -2.02. The summed E-state index contributed by atoms with van der Waals surface area (Å²) in [6, 6.07) is 6.56. The minimum absolute atomic E-state index is 0.147. The highest BCUT2D eigenvalue weighted by Crippen LogP contribution is 2.33. The number of halogens is 2. The summed E-state index contributed by atoms with van der Waals surface area (Å²) in [7, 11) is 1.58. The molecule has 4 nitrogen and oxygen atoms in total. The number of nitrogens with zero attached hydrogens (tertiary/aromatic N) is 1. The molecule has 0 aliphatic heterocycles. The molecule has 0 spiro atoms. The van der Waals surface area contributed by atoms with Crippen molar-refractivity contribution in [1.82, 2.24) is 4.98 Å². The van der Waals surface area contributed by atoms with E-state index in [1.807, 2.05) is 0 Å². The van der Waals surface area contributed by atoms with Gasteiger partial charge in [0.15, 0.2) is 0 Å². The van der Waals surface area contributed by atoms with Crippen molar-refractivity contribution in [3.05, 3.63) is 46.3 Å². The average molecular weight is 327 g/mol. The molecule has 1 heterocycles. The third kappa shape index (κ3) is 3.21. The molecule has 1 aromatic carbocycles. The average Bonchev–Trinajstić information content (AvgIpc) is 2.42. The normalized spacial score (nSPS) is 10.3. The maximum atomic E-state index is 13.1. The van der Waals surface area contributed by atoms with Crippen LogP contribution in [0.3, 0.4) is 0 Å². The van der Waals surface area contributed by atoms with Crippen LogP contribution in [0.5, 0.6) is 17.4 Å². The number of hydrogen-bond donors (Lipinski definition) is 1. The molecule has 2 aromatic rings. The van der Waals surface area contributed by atoms with Gasteiger partial charge in [-0.1, -0.05) is 0 Å². The van der Waals surface area contributed by atoms with E-state index in [1.165, 1.54) is 6.07 Å². The first kappa shape index (κ1) is 13.8. The van der Waals surface area contributed by atoms with E-state index in [-0.39, 0.29) is 12.4 Å². The number of ether oxygens (including phenoxy) is 2. The molecular weight excluding hydrogens is 315 g/mol. The predicted octanol–water partition coefficient (Wildman–Crippen LogP) is 3.24. The van der Waals surface area contributed by atoms with E-state index in [1.54, 1.807) is 25.3 Å². The zero-order valence-corrected chi connectivity index (χ0v) is 11.8. The molecule has 0 aliphatic carbocycles. The Kier molecular flexibility index (Phi) is 4.34. The molecule has 0 fully saturated rings. The molecule has 1 aromatic heterocycles. The van der Waals surface area contributed by atoms with Crippen molar-refractivity contribution in [1.29, 1.82) is 0 Å². The summed E-state index contributed by atoms with van der Waals surface area (Å²) in [5, 5.41) is 0. The topological polar surface area (TPSA) is 57.4 Å². The highest BCUT2D eigenvalue weighted by Gasteiger charge is 2.10. The Morgan fingerprint density at radius 1 is 1.37 bits per heavy atom. The third-order valence-electron chi connectivity index (χ3n) is 2.46. The van der Waals surface area contributed by atoms with Crippen LogP contribution in [0.2, 0.25) is 0 Å². The molecule has 0 saturated carbocycles. The van der Waals surface area contributed by atoms with E-state index in [0.29, 0.717) is 21.5 Å². The van der Waals surface area contributed by atoms with Gasteiger partial charge in [0, 0.05) is 12.1 Å². The van der Waals surface area contributed by atoms with Crippen molar-refractivity contribution in [2.24, 2.45) is 5.73 Å². The molecule has 2 rings (SSSR count). The van der Waals surface area contributed by atoms with Gasteiger partial charge in [0.25, 0.3) is 0 Å². The molecule has 0 amide bonds. The van der Waals surface area contributed by atoms with Crippen LogP contribution in [0.1, 0.15) is 5.56 Å². The fourth-order valence-corrected chi connectivity index (χ4v) is 1.94. The molecule has 0 unspecified atom stereocenters. The van der Waals surface area contributed by atoms with E-state index in [9.17, 15) is 4.39 Å². The fourth-order valence-electron chi connectivity index (χ4n) is 1.50. The van der Waals surface area contributed by atoms with Crippen LogP contribution in [-0.2, 0) is 6.54 Å². The second kappa shape index (κ2) is 5.99. The Bertz CT molecular complexity index is 593. The third-order valence-corrected chi connectivity index (χ3v) is 3.08. The Morgan fingerprint density at radius 2 is 2.16 bits per heavy atom. The van der Waals surface area contributed by atoms with Crippen LogP contribution in [-0.4, -0.2) is 12.1 Å². The van der Waals surface area contributed by atoms with Crippen LogP contribution < -0.4 is 15.2 Å². The first-order chi connectivity index (χ1) is 9.13. The maximum absolute atomic E-state index is 13.1. The summed E-state index contributed by atoms with van der Waals surface area (Å²) < 4.78 is 24.5. The number of hydrogen-bond acceptors (Lipinski definition) is 4. The molecule has 0 bridgehead atoms. The van der Waals surface area contributed by atoms with E-state index >= 15 is 0 Å². The van der Waals surface area contributed by atoms with E-state index in [2.05, 4.69) is 20.9 Å². The second-order valence-electron chi connectivity index (χ2n) is 3.72. The van der Waals surface area contributed by atoms with Crippen LogP contribution in [0.25, 0.3) is 0 Å². The first-order valence-corrected chi connectivity index (χ1v) is 6.29. The summed E-state index contributed by atoms with van der Waals surface area (Å²) in [6.07, 6.45) is 1.09. The zero-order chi connectivity index (χ0) is 13.8. The molecule has 0 aliphatic rings. The Balaban J connectivity index is 2.31. The summed E-state index contributed by atoms with van der Waals surface area (Å²) in [6.45, 7) is 0.147. The van der Waals surface area contributed by atoms with Gasteiger partial charge in [0.1, 0.15) is 17.3 Å². The molecule has 0 atom stereocenters. The van der Waals surface area contributed by atoms with Gasteiger partial charge in [-0.05, 0) is 40.2 Å². The monoisotopic (exact) mass is 326 g/mol. The van der Waals surface area contributed by atoms with Crippen molar-refractivity contribution in [3.63, 3.8) is 0 Å². The van der Waals surface area contributed by atoms with Gasteiger partial charge in [-0.3, -0.25) is 0 Å². The number of methoxy groups -OCH3 is 1. The standard InChI is InChI=1S/C13H12BrFN2O2/c1-18-10-2-3-12(11(14)5-10)19-13-8(6-16)4-9(15)7-17-13/h2-5,7H,6,16H2,1H3. The minimum Gasteiger partial charge on any atom is -0.497 e. The number of rotatable bonds is 4. The summed E-state index contributed by atoms with van der Waals surface area (Å²) in [4.78, 5) is 3.90. The Morgan fingerprint density at radius 3 is 2.79 bits per heavy atom. The molecular formula is C13H12BrFN2O2. The molecule has 2 N–H and O–H groups in total. The lowest BCUT2D eigenvalue weighted by atomic mass is 10.2. The molecule has 0 saturated heterocycles. The fraction of sp³-hybridized carbons (Fsp3) is 0.154. The predicted molar refractivity (Wildman–Crippen MR) is 72.9 cm³/mol. The van der Waals surface area contributed by atoms with Crippen LogP contribution in [0, 0.1) is 5.82 Å². The summed E-state index contributed by atoms with van der Waals surface area (Å²) in [5.41, 5.74) is 6.04. The smallest absolute Gasteiger partial charge is 0.223 e. The number of pyridine rings is 1. The van der Waals surface area contributed by atoms with Gasteiger partial charge in [-0.2, -0.15) is 0 Å². The van der Waals surface area contributed by atoms with Gasteiger partial charge >= 0.3 is 0 Å². The van der Waals surface area contributed by atoms with Crippen molar-refractivity contribution in [2.45, 2.75) is 6.54 Å². The summed E-state index contributed by atoms with van der Waals surface area (Å²) in [5.74, 6) is 1.09. The largest absolute Gasteiger partial charge is 0.497 e. The Labute approximate surface area is 118 Å². The molecule has 100 valence electrons. The Hall–Kier alpha value is -1.66. The first-order valence-electron chi connectivity index (χ1n) is 5.50. The van der Waals surface area contributed by atoms with Crippen LogP contribution in [0.15, 0.2) is 34.9 Å². The van der Waals surface area contributed by atoms with Gasteiger partial charge in [0.2, 0.25) is 5.88 Å². The van der Waals surface area contributed by atoms with E-state index in [0.717, 1.165) is 6.20 Å². The highest BCUT2D eigenvalue weighted by atomic mass is 79.9. The highest BCUT2D eigenvalue weighted by molar-refractivity contribution is 9.10. The molecule has 19 heavy (non-hydrogen) atoms. The van der Waals surface area contributed by atoms with Gasteiger partial charge < -0.3 is 15.2 Å². The quantitative estimate of drug-likeness (QED) is 0.937. The molecule has 0 radical (unpaired) electrons. The van der Waals surface area contributed by atoms with Crippen LogP contribution in [0.4, 0.5) is 4.39 Å². The van der Waals surface area contributed by atoms with Crippen molar-refractivity contribution >= 4 is 15.9 Å². The van der Waals surface area contributed by atoms with Crippen LogP contribution >= 0.6 is 15.9 Å². The number of nitrogens with two attached hydrogens (primary N) is 1. The minimum atomic E-state index is -0.443. The lowest BCUT2D eigenvalue weighted by molar-refractivity contribution is 0.410. The number of benzene rings is 1. The van der Waals surface area contributed by atoms with Crippen molar-refractivity contribution in [2.75, 3.05) is 7.11 Å². The number of aromatic nitrogens is 1. The van der Waals surface area contributed by atoms with Gasteiger partial charge in [-0.15, -0.1) is 0 Å². The van der Waals surface area contributed by atoms with Crippen molar-refractivity contribution in [3.8, 4) is 17.4 Å².